The van der Waals surface area contributed by atoms with Gasteiger partial charge in [-0.05, 0) is 13.0 Å². The number of aromatic nitrogens is 1. The number of hydrogen-bond acceptors (Lipinski definition) is 3. The van der Waals surface area contributed by atoms with Crippen molar-refractivity contribution in [3.05, 3.63) is 22.3 Å². The van der Waals surface area contributed by atoms with Gasteiger partial charge in [-0.15, -0.1) is 0 Å². The van der Waals surface area contributed by atoms with Crippen molar-refractivity contribution in [2.24, 2.45) is 0 Å². The molecule has 0 spiro atoms. The first-order valence-electron chi connectivity index (χ1n) is 3.77. The summed E-state index contributed by atoms with van der Waals surface area (Å²) in [5, 5.41) is 8.26. The number of nitrogens with zero attached hydrogens (tertiary/aromatic N) is 1. The van der Waals surface area contributed by atoms with Crippen LogP contribution in [0.15, 0.2) is 6.07 Å². The van der Waals surface area contributed by atoms with E-state index < -0.39 is 12.6 Å². The van der Waals surface area contributed by atoms with Crippen LogP contribution in [0.2, 0.25) is 5.15 Å². The highest BCUT2D eigenvalue weighted by atomic mass is 35.5. The van der Waals surface area contributed by atoms with Crippen molar-refractivity contribution in [3.8, 4) is 5.88 Å². The molecule has 0 aliphatic rings. The molecule has 1 aromatic rings. The van der Waals surface area contributed by atoms with Crippen LogP contribution >= 0.6 is 11.6 Å². The molecule has 1 N–H and O–H groups in total. The zero-order valence-corrected chi connectivity index (χ0v) is 8.26. The van der Waals surface area contributed by atoms with Crippen molar-refractivity contribution in [1.29, 1.82) is 0 Å². The number of ether oxygens (including phenoxy) is 1. The number of carboxylic acid groups (broad SMARTS) is 1. The highest BCUT2D eigenvalue weighted by Crippen LogP contribution is 2.23. The third kappa shape index (κ3) is 2.76. The van der Waals surface area contributed by atoms with Crippen LogP contribution in [-0.4, -0.2) is 22.7 Å². The Hall–Kier alpha value is -1.43. The number of hydrogen-bond donors (Lipinski definition) is 1. The lowest BCUT2D eigenvalue weighted by Crippen LogP contribution is -2.07. The molecule has 0 saturated carbocycles. The summed E-state index contributed by atoms with van der Waals surface area (Å²) in [7, 11) is 0. The van der Waals surface area contributed by atoms with E-state index in [9.17, 15) is 13.6 Å². The van der Waals surface area contributed by atoms with Crippen molar-refractivity contribution in [3.63, 3.8) is 0 Å². The zero-order chi connectivity index (χ0) is 11.6. The molecule has 1 heterocycles. The van der Waals surface area contributed by atoms with E-state index in [1.807, 2.05) is 0 Å². The summed E-state index contributed by atoms with van der Waals surface area (Å²) in [5.41, 5.74) is -0.0760. The fourth-order valence-electron chi connectivity index (χ4n) is 0.929. The van der Waals surface area contributed by atoms with Crippen molar-refractivity contribution in [2.75, 3.05) is 0 Å². The molecule has 0 unspecified atom stereocenters. The van der Waals surface area contributed by atoms with Gasteiger partial charge < -0.3 is 9.84 Å². The maximum atomic E-state index is 11.9. The first kappa shape index (κ1) is 11.6. The second kappa shape index (κ2) is 4.39. The van der Waals surface area contributed by atoms with Crippen LogP contribution in [0.4, 0.5) is 8.78 Å². The molecule has 15 heavy (non-hydrogen) atoms. The van der Waals surface area contributed by atoms with E-state index >= 15 is 0 Å². The van der Waals surface area contributed by atoms with Gasteiger partial charge in [-0.3, -0.25) is 0 Å². The quantitative estimate of drug-likeness (QED) is 0.820. The Morgan fingerprint density at radius 1 is 1.67 bits per heavy atom. The molecule has 0 saturated heterocycles. The second-order valence-electron chi connectivity index (χ2n) is 2.63. The van der Waals surface area contributed by atoms with Crippen molar-refractivity contribution >= 4 is 17.6 Å². The van der Waals surface area contributed by atoms with E-state index in [1.165, 1.54) is 6.92 Å². The number of pyridine rings is 1. The first-order valence-corrected chi connectivity index (χ1v) is 4.15. The van der Waals surface area contributed by atoms with Crippen molar-refractivity contribution in [1.82, 2.24) is 4.98 Å². The van der Waals surface area contributed by atoms with Gasteiger partial charge in [0.15, 0.2) is 0 Å². The Morgan fingerprint density at radius 3 is 2.73 bits per heavy atom. The second-order valence-corrected chi connectivity index (χ2v) is 2.99. The van der Waals surface area contributed by atoms with Crippen LogP contribution in [0.3, 0.4) is 0 Å². The number of carbonyl (C=O) groups is 1. The molecule has 82 valence electrons. The minimum Gasteiger partial charge on any atom is -0.478 e. The highest BCUT2D eigenvalue weighted by molar-refractivity contribution is 6.32. The van der Waals surface area contributed by atoms with Crippen molar-refractivity contribution < 1.29 is 23.4 Å². The fourth-order valence-corrected chi connectivity index (χ4v) is 1.14. The monoisotopic (exact) mass is 237 g/mol. The molecule has 0 radical (unpaired) electrons. The van der Waals surface area contributed by atoms with Crippen LogP contribution < -0.4 is 4.74 Å². The lowest BCUT2D eigenvalue weighted by atomic mass is 10.2. The summed E-state index contributed by atoms with van der Waals surface area (Å²) in [6, 6.07) is 1.12. The van der Waals surface area contributed by atoms with Gasteiger partial charge in [0.25, 0.3) is 0 Å². The van der Waals surface area contributed by atoms with Crippen molar-refractivity contribution in [2.45, 2.75) is 13.5 Å². The molecule has 0 atom stereocenters. The summed E-state index contributed by atoms with van der Waals surface area (Å²) in [6.45, 7) is -1.63. The topological polar surface area (TPSA) is 59.4 Å². The number of aromatic carboxylic acids is 1. The van der Waals surface area contributed by atoms with Crippen LogP contribution in [0.1, 0.15) is 15.9 Å². The van der Waals surface area contributed by atoms with Gasteiger partial charge in [0.2, 0.25) is 5.88 Å². The Labute approximate surface area is 88.4 Å². The molecule has 4 nitrogen and oxygen atoms in total. The summed E-state index contributed by atoms with van der Waals surface area (Å²) in [6.07, 6.45) is 0. The molecule has 0 aliphatic carbocycles. The minimum atomic E-state index is -3.03. The third-order valence-electron chi connectivity index (χ3n) is 1.55. The number of aryl methyl sites for hydroxylation is 1. The molecule has 1 rings (SSSR count). The Balaban J connectivity index is 3.13. The molecule has 0 amide bonds. The van der Waals surface area contributed by atoms with Crippen LogP contribution in [0, 0.1) is 6.92 Å². The van der Waals surface area contributed by atoms with E-state index in [-0.39, 0.29) is 22.2 Å². The molecule has 1 aromatic heterocycles. The summed E-state index contributed by atoms with van der Waals surface area (Å²) < 4.78 is 27.8. The van der Waals surface area contributed by atoms with Crippen LogP contribution in [0.25, 0.3) is 0 Å². The normalized spacial score (nSPS) is 10.5. The van der Waals surface area contributed by atoms with E-state index in [1.54, 1.807) is 0 Å². The Kier molecular flexibility index (Phi) is 3.41. The fraction of sp³-hybridized carbons (Fsp3) is 0.250. The number of halogens is 3. The maximum absolute atomic E-state index is 11.9. The largest absolute Gasteiger partial charge is 0.478 e. The predicted octanol–water partition coefficient (Wildman–Crippen LogP) is 2.34. The van der Waals surface area contributed by atoms with Gasteiger partial charge in [-0.1, -0.05) is 11.6 Å². The molecule has 0 fully saturated rings. The van der Waals surface area contributed by atoms with E-state index in [2.05, 4.69) is 9.72 Å². The minimum absolute atomic E-state index is 0.178. The smallest absolute Gasteiger partial charge is 0.388 e. The lowest BCUT2D eigenvalue weighted by molar-refractivity contribution is -0.0533. The van der Waals surface area contributed by atoms with Gasteiger partial charge in [0.1, 0.15) is 5.15 Å². The third-order valence-corrected chi connectivity index (χ3v) is 1.84. The van der Waals surface area contributed by atoms with E-state index in [4.69, 9.17) is 16.7 Å². The lowest BCUT2D eigenvalue weighted by Gasteiger charge is -2.08. The molecule has 0 aliphatic heterocycles. The predicted molar refractivity (Wildman–Crippen MR) is 47.6 cm³/mol. The molecule has 7 heteroatoms. The standard InChI is InChI=1S/C8H6ClF2NO3/c1-3-2-4(7(13)14)5(9)12-6(3)15-8(10)11/h2,8H,1H3,(H,13,14). The van der Waals surface area contributed by atoms with Gasteiger partial charge in [-0.25, -0.2) is 9.78 Å². The number of alkyl halides is 2. The Morgan fingerprint density at radius 2 is 2.27 bits per heavy atom. The average molecular weight is 238 g/mol. The summed E-state index contributed by atoms with van der Waals surface area (Å²) in [5.74, 6) is -1.65. The van der Waals surface area contributed by atoms with Gasteiger partial charge in [0.05, 0.1) is 5.56 Å². The highest BCUT2D eigenvalue weighted by Gasteiger charge is 2.16. The summed E-state index contributed by atoms with van der Waals surface area (Å²) >= 11 is 5.46. The number of carboxylic acids is 1. The van der Waals surface area contributed by atoms with E-state index in [0.717, 1.165) is 6.07 Å². The average Bonchev–Trinajstić information content (AvgIpc) is 2.09. The van der Waals surface area contributed by atoms with Crippen LogP contribution in [0.5, 0.6) is 5.88 Å². The Bertz CT molecular complexity index is 398. The summed E-state index contributed by atoms with van der Waals surface area (Å²) in [4.78, 5) is 14.0. The van der Waals surface area contributed by atoms with Gasteiger partial charge in [-0.2, -0.15) is 8.78 Å². The maximum Gasteiger partial charge on any atom is 0.388 e. The molecule has 0 aromatic carbocycles. The first-order chi connectivity index (χ1) is 6.91. The molecule has 0 bridgehead atoms. The van der Waals surface area contributed by atoms with Crippen LogP contribution in [-0.2, 0) is 0 Å². The van der Waals surface area contributed by atoms with Gasteiger partial charge in [0, 0.05) is 5.56 Å². The molecular formula is C8H6ClF2NO3. The number of rotatable bonds is 3. The SMILES string of the molecule is Cc1cc(C(=O)O)c(Cl)nc1OC(F)F. The van der Waals surface area contributed by atoms with Gasteiger partial charge >= 0.3 is 12.6 Å². The zero-order valence-electron chi connectivity index (χ0n) is 7.50. The molecular weight excluding hydrogens is 232 g/mol. The van der Waals surface area contributed by atoms with E-state index in [0.29, 0.717) is 0 Å².